The lowest BCUT2D eigenvalue weighted by Gasteiger charge is -2.28. The first kappa shape index (κ1) is 20.6. The van der Waals surface area contributed by atoms with Crippen molar-refractivity contribution in [2.75, 3.05) is 45.6 Å². The summed E-state index contributed by atoms with van der Waals surface area (Å²) in [5.41, 5.74) is 0.0191. The van der Waals surface area contributed by atoms with Crippen molar-refractivity contribution in [2.45, 2.75) is 31.6 Å². The maximum absolute atomic E-state index is 12.6. The smallest absolute Gasteiger partial charge is 0.293 e. The molecule has 0 spiro atoms. The average molecular weight is 385 g/mol. The number of hydrogen-bond acceptors (Lipinski definition) is 6. The van der Waals surface area contributed by atoms with Crippen LogP contribution in [-0.2, 0) is 10.0 Å². The Hall–Kier alpha value is -1.71. The highest BCUT2D eigenvalue weighted by Crippen LogP contribution is 2.31. The highest BCUT2D eigenvalue weighted by atomic mass is 32.2. The molecule has 1 saturated heterocycles. The number of nitrogens with one attached hydrogen (secondary N) is 1. The Kier molecular flexibility index (Phi) is 6.25. The third-order valence-electron chi connectivity index (χ3n) is 4.37. The van der Waals surface area contributed by atoms with Gasteiger partial charge in [-0.05, 0) is 44.5 Å². The van der Waals surface area contributed by atoms with Gasteiger partial charge in [0.1, 0.15) is 5.69 Å². The maximum Gasteiger partial charge on any atom is 0.293 e. The average Bonchev–Trinajstić information content (AvgIpc) is 3.06. The van der Waals surface area contributed by atoms with Gasteiger partial charge in [-0.25, -0.2) is 8.42 Å². The Morgan fingerprint density at radius 2 is 1.88 bits per heavy atom. The van der Waals surface area contributed by atoms with Crippen molar-refractivity contribution in [3.63, 3.8) is 0 Å². The van der Waals surface area contributed by atoms with E-state index in [2.05, 4.69) is 24.1 Å². The van der Waals surface area contributed by atoms with E-state index in [0.29, 0.717) is 25.3 Å². The Morgan fingerprint density at radius 3 is 2.42 bits per heavy atom. The van der Waals surface area contributed by atoms with Crippen LogP contribution >= 0.6 is 0 Å². The number of sulfonamides is 1. The second-order valence-electron chi connectivity index (χ2n) is 7.80. The monoisotopic (exact) mass is 384 g/mol. The molecule has 9 heteroatoms. The highest BCUT2D eigenvalue weighted by molar-refractivity contribution is 7.89. The molecule has 1 aliphatic rings. The molecule has 0 amide bonds. The van der Waals surface area contributed by atoms with Gasteiger partial charge in [0.15, 0.2) is 0 Å². The molecular formula is C17H28N4O4S. The number of nitro groups is 1. The summed E-state index contributed by atoms with van der Waals surface area (Å²) >= 11 is 0. The summed E-state index contributed by atoms with van der Waals surface area (Å²) in [6, 6.07) is 4.10. The molecule has 0 aliphatic carbocycles. The van der Waals surface area contributed by atoms with Gasteiger partial charge in [0.2, 0.25) is 10.0 Å². The second-order valence-corrected chi connectivity index (χ2v) is 9.74. The summed E-state index contributed by atoms with van der Waals surface area (Å²) in [7, 11) is 0.273. The molecular weight excluding hydrogens is 356 g/mol. The van der Waals surface area contributed by atoms with Gasteiger partial charge in [0.05, 0.1) is 9.82 Å². The van der Waals surface area contributed by atoms with Crippen LogP contribution in [0.5, 0.6) is 0 Å². The quantitative estimate of drug-likeness (QED) is 0.546. The maximum atomic E-state index is 12.6. The summed E-state index contributed by atoms with van der Waals surface area (Å²) in [5, 5.41) is 14.6. The van der Waals surface area contributed by atoms with Crippen LogP contribution in [0.25, 0.3) is 0 Å². The van der Waals surface area contributed by atoms with E-state index in [1.54, 1.807) is 0 Å². The largest absolute Gasteiger partial charge is 0.379 e. The zero-order valence-corrected chi connectivity index (χ0v) is 16.7. The Bertz CT molecular complexity index is 756. The van der Waals surface area contributed by atoms with Crippen molar-refractivity contribution in [1.82, 2.24) is 9.21 Å². The molecule has 146 valence electrons. The summed E-state index contributed by atoms with van der Waals surface area (Å²) in [4.78, 5) is 13.0. The summed E-state index contributed by atoms with van der Waals surface area (Å²) in [6.45, 7) is 6.42. The topological polar surface area (TPSA) is 95.8 Å². The molecule has 1 aliphatic heterocycles. The lowest BCUT2D eigenvalue weighted by molar-refractivity contribution is -0.384. The molecule has 1 aromatic carbocycles. The minimum Gasteiger partial charge on any atom is -0.379 e. The van der Waals surface area contributed by atoms with Crippen LogP contribution in [0.4, 0.5) is 11.4 Å². The molecule has 0 atom stereocenters. The summed E-state index contributed by atoms with van der Waals surface area (Å²) < 4.78 is 26.7. The van der Waals surface area contributed by atoms with Crippen LogP contribution in [0.3, 0.4) is 0 Å². The third-order valence-corrected chi connectivity index (χ3v) is 6.26. The van der Waals surface area contributed by atoms with Crippen molar-refractivity contribution in [3.05, 3.63) is 28.3 Å². The molecule has 0 radical (unpaired) electrons. The molecule has 1 aromatic rings. The predicted octanol–water partition coefficient (Wildman–Crippen LogP) is 2.38. The van der Waals surface area contributed by atoms with E-state index < -0.39 is 14.9 Å². The first-order chi connectivity index (χ1) is 12.0. The van der Waals surface area contributed by atoms with Crippen LogP contribution in [0.1, 0.15) is 26.7 Å². The highest BCUT2D eigenvalue weighted by Gasteiger charge is 2.30. The number of hydrogen-bond donors (Lipinski definition) is 1. The van der Waals surface area contributed by atoms with Crippen molar-refractivity contribution in [2.24, 2.45) is 5.41 Å². The van der Waals surface area contributed by atoms with Crippen molar-refractivity contribution in [3.8, 4) is 0 Å². The first-order valence-electron chi connectivity index (χ1n) is 8.70. The van der Waals surface area contributed by atoms with Crippen LogP contribution in [-0.4, -0.2) is 62.8 Å². The predicted molar refractivity (Wildman–Crippen MR) is 102 cm³/mol. The van der Waals surface area contributed by atoms with Crippen LogP contribution in [0.2, 0.25) is 0 Å². The number of nitro benzene ring substituents is 1. The first-order valence-corrected chi connectivity index (χ1v) is 10.1. The number of nitrogens with zero attached hydrogens (tertiary/aromatic N) is 3. The summed E-state index contributed by atoms with van der Waals surface area (Å²) in [6.07, 6.45) is 1.64. The number of anilines is 1. The van der Waals surface area contributed by atoms with Crippen molar-refractivity contribution in [1.29, 1.82) is 0 Å². The molecule has 0 unspecified atom stereocenters. The normalized spacial score (nSPS) is 16.2. The molecule has 26 heavy (non-hydrogen) atoms. The van der Waals surface area contributed by atoms with Crippen molar-refractivity contribution < 1.29 is 13.3 Å². The summed E-state index contributed by atoms with van der Waals surface area (Å²) in [5.74, 6) is 0. The minimum atomic E-state index is -3.68. The molecule has 1 heterocycles. The minimum absolute atomic E-state index is 0.0239. The fraction of sp³-hybridized carbons (Fsp3) is 0.647. The molecule has 0 bridgehead atoms. The number of benzene rings is 1. The van der Waals surface area contributed by atoms with Gasteiger partial charge in [-0.1, -0.05) is 13.8 Å². The van der Waals surface area contributed by atoms with Crippen LogP contribution in [0, 0.1) is 15.5 Å². The fourth-order valence-corrected chi connectivity index (χ4v) is 4.83. The SMILES string of the molecule is CN(C)CC(C)(C)CNc1ccc(S(=O)(=O)N2CCCC2)cc1[N+](=O)[O-]. The molecule has 2 rings (SSSR count). The molecule has 8 nitrogen and oxygen atoms in total. The molecule has 0 aromatic heterocycles. The fourth-order valence-electron chi connectivity index (χ4n) is 3.30. The molecule has 1 fully saturated rings. The van der Waals surface area contributed by atoms with E-state index >= 15 is 0 Å². The van der Waals surface area contributed by atoms with Crippen LogP contribution < -0.4 is 5.32 Å². The zero-order valence-electron chi connectivity index (χ0n) is 15.9. The zero-order chi connectivity index (χ0) is 19.5. The molecule has 1 N–H and O–H groups in total. The van der Waals surface area contributed by atoms with Gasteiger partial charge in [-0.3, -0.25) is 10.1 Å². The Balaban J connectivity index is 2.25. The van der Waals surface area contributed by atoms with Gasteiger partial charge >= 0.3 is 0 Å². The van der Waals surface area contributed by atoms with E-state index in [1.165, 1.54) is 16.4 Å². The van der Waals surface area contributed by atoms with E-state index in [4.69, 9.17) is 0 Å². The lowest BCUT2D eigenvalue weighted by Crippen LogP contribution is -2.34. The molecule has 0 saturated carbocycles. The Labute approximate surface area is 155 Å². The van der Waals surface area contributed by atoms with E-state index in [1.807, 2.05) is 14.1 Å². The lowest BCUT2D eigenvalue weighted by atomic mass is 9.93. The van der Waals surface area contributed by atoms with Gasteiger partial charge in [-0.15, -0.1) is 0 Å². The van der Waals surface area contributed by atoms with E-state index in [0.717, 1.165) is 25.5 Å². The van der Waals surface area contributed by atoms with Crippen molar-refractivity contribution >= 4 is 21.4 Å². The van der Waals surface area contributed by atoms with E-state index in [9.17, 15) is 18.5 Å². The number of rotatable bonds is 8. The van der Waals surface area contributed by atoms with E-state index in [-0.39, 0.29) is 16.0 Å². The second kappa shape index (κ2) is 7.89. The van der Waals surface area contributed by atoms with Gasteiger partial charge < -0.3 is 10.2 Å². The van der Waals surface area contributed by atoms with Gasteiger partial charge in [0.25, 0.3) is 5.69 Å². The van der Waals surface area contributed by atoms with Gasteiger partial charge in [0, 0.05) is 32.2 Å². The third kappa shape index (κ3) is 4.93. The Morgan fingerprint density at radius 1 is 1.27 bits per heavy atom. The van der Waals surface area contributed by atoms with Crippen LogP contribution in [0.15, 0.2) is 23.1 Å². The van der Waals surface area contributed by atoms with Gasteiger partial charge in [-0.2, -0.15) is 4.31 Å². The standard InChI is InChI=1S/C17H28N4O4S/c1-17(2,13-19(3)4)12-18-15-8-7-14(11-16(15)21(22)23)26(24,25)20-9-5-6-10-20/h7-8,11,18H,5-6,9-10,12-13H2,1-4H3.